The maximum Gasteiger partial charge on any atom is 0.417 e. The zero-order valence-electron chi connectivity index (χ0n) is 10.4. The highest BCUT2D eigenvalue weighted by Crippen LogP contribution is 2.33. The van der Waals surface area contributed by atoms with Crippen molar-refractivity contribution in [1.29, 1.82) is 0 Å². The Morgan fingerprint density at radius 2 is 2.20 bits per heavy atom. The largest absolute Gasteiger partial charge is 0.417 e. The molecule has 2 aliphatic rings. The second-order valence-corrected chi connectivity index (χ2v) is 6.98. The first-order chi connectivity index (χ1) is 9.54. The van der Waals surface area contributed by atoms with Crippen molar-refractivity contribution in [1.82, 2.24) is 9.29 Å². The van der Waals surface area contributed by atoms with Crippen molar-refractivity contribution in [3.8, 4) is 0 Å². The monoisotopic (exact) mass is 296 g/mol. The van der Waals surface area contributed by atoms with Gasteiger partial charge in [0.2, 0.25) is 10.0 Å². The number of rotatable bonds is 2. The zero-order chi connectivity index (χ0) is 13.9. The van der Waals surface area contributed by atoms with Crippen LogP contribution in [0.5, 0.6) is 0 Å². The Morgan fingerprint density at radius 3 is 2.90 bits per heavy atom. The van der Waals surface area contributed by atoms with E-state index in [9.17, 15) is 13.2 Å². The Bertz CT molecular complexity index is 837. The summed E-state index contributed by atoms with van der Waals surface area (Å²) in [6, 6.07) is 4.30. The van der Waals surface area contributed by atoms with E-state index in [0.717, 1.165) is 6.42 Å². The van der Waals surface area contributed by atoms with Crippen molar-refractivity contribution in [2.75, 3.05) is 13.2 Å². The summed E-state index contributed by atoms with van der Waals surface area (Å²) in [5.41, 5.74) is 0.733. The lowest BCUT2D eigenvalue weighted by Crippen LogP contribution is -2.41. The van der Waals surface area contributed by atoms with E-state index in [1.54, 1.807) is 0 Å². The maximum atomic E-state index is 12.6. The van der Waals surface area contributed by atoms with Crippen LogP contribution in [0.3, 0.4) is 0 Å². The molecule has 0 spiro atoms. The molecule has 1 aromatic heterocycles. The van der Waals surface area contributed by atoms with Gasteiger partial charge in [0.25, 0.3) is 0 Å². The van der Waals surface area contributed by atoms with Crippen LogP contribution >= 0.6 is 0 Å². The Kier molecular flexibility index (Phi) is 2.39. The molecular formula is C12H12N2O5S. The van der Waals surface area contributed by atoms with Gasteiger partial charge in [-0.3, -0.25) is 4.98 Å². The molecule has 3 heterocycles. The molecule has 1 aromatic carbocycles. The van der Waals surface area contributed by atoms with E-state index < -0.39 is 15.8 Å². The summed E-state index contributed by atoms with van der Waals surface area (Å²) in [6.07, 6.45) is 0.761. The van der Waals surface area contributed by atoms with E-state index in [4.69, 9.17) is 9.15 Å². The van der Waals surface area contributed by atoms with Gasteiger partial charge in [0.1, 0.15) is 0 Å². The van der Waals surface area contributed by atoms with Crippen LogP contribution in [0.25, 0.3) is 11.1 Å². The summed E-state index contributed by atoms with van der Waals surface area (Å²) in [5, 5.41) is 0. The van der Waals surface area contributed by atoms with Gasteiger partial charge in [-0.2, -0.15) is 4.31 Å². The van der Waals surface area contributed by atoms with E-state index >= 15 is 0 Å². The lowest BCUT2D eigenvalue weighted by Gasteiger charge is -2.25. The van der Waals surface area contributed by atoms with Crippen molar-refractivity contribution in [3.63, 3.8) is 0 Å². The average molecular weight is 296 g/mol. The molecular weight excluding hydrogens is 284 g/mol. The average Bonchev–Trinajstić information content (AvgIpc) is 3.10. The fourth-order valence-electron chi connectivity index (χ4n) is 2.89. The van der Waals surface area contributed by atoms with Crippen LogP contribution in [0.4, 0.5) is 0 Å². The molecule has 7 nitrogen and oxygen atoms in total. The highest BCUT2D eigenvalue weighted by atomic mass is 32.2. The minimum Gasteiger partial charge on any atom is -0.408 e. The summed E-state index contributed by atoms with van der Waals surface area (Å²) in [4.78, 5) is 13.7. The highest BCUT2D eigenvalue weighted by Gasteiger charge is 2.45. The molecule has 0 aliphatic carbocycles. The van der Waals surface area contributed by atoms with Gasteiger partial charge in [0.05, 0.1) is 29.2 Å². The third-order valence-corrected chi connectivity index (χ3v) is 5.76. The van der Waals surface area contributed by atoms with Crippen LogP contribution in [0.2, 0.25) is 0 Å². The van der Waals surface area contributed by atoms with Crippen LogP contribution < -0.4 is 5.76 Å². The molecule has 0 radical (unpaired) electrons. The number of H-pyrrole nitrogens is 1. The molecule has 8 heteroatoms. The predicted octanol–water partition coefficient (Wildman–Crippen LogP) is 0.283. The molecule has 0 saturated carbocycles. The maximum absolute atomic E-state index is 12.6. The summed E-state index contributed by atoms with van der Waals surface area (Å²) in [7, 11) is -3.56. The Morgan fingerprint density at radius 1 is 1.35 bits per heavy atom. The van der Waals surface area contributed by atoms with E-state index in [0.29, 0.717) is 24.3 Å². The van der Waals surface area contributed by atoms with Crippen LogP contribution in [0.1, 0.15) is 6.42 Å². The van der Waals surface area contributed by atoms with Crippen LogP contribution in [-0.4, -0.2) is 43.0 Å². The lowest BCUT2D eigenvalue weighted by atomic mass is 10.3. The van der Waals surface area contributed by atoms with Gasteiger partial charge >= 0.3 is 5.76 Å². The van der Waals surface area contributed by atoms with E-state index in [2.05, 4.69) is 4.98 Å². The first-order valence-corrected chi connectivity index (χ1v) is 7.74. The minimum atomic E-state index is -3.56. The summed E-state index contributed by atoms with van der Waals surface area (Å²) >= 11 is 0. The van der Waals surface area contributed by atoms with Gasteiger partial charge in [0, 0.05) is 6.54 Å². The number of benzene rings is 1. The highest BCUT2D eigenvalue weighted by molar-refractivity contribution is 7.89. The van der Waals surface area contributed by atoms with Crippen LogP contribution in [0, 0.1) is 0 Å². The Labute approximate surface area is 114 Å². The van der Waals surface area contributed by atoms with Crippen molar-refractivity contribution in [2.24, 2.45) is 0 Å². The van der Waals surface area contributed by atoms with Crippen molar-refractivity contribution >= 4 is 21.1 Å². The number of fused-ring (bicyclic) bond motifs is 3. The third-order valence-electron chi connectivity index (χ3n) is 3.85. The summed E-state index contributed by atoms with van der Waals surface area (Å²) in [6.45, 7) is 0.849. The van der Waals surface area contributed by atoms with Crippen molar-refractivity contribution in [3.05, 3.63) is 28.7 Å². The lowest BCUT2D eigenvalue weighted by molar-refractivity contribution is 0.0608. The first-order valence-electron chi connectivity index (χ1n) is 6.30. The fraction of sp³-hybridized carbons (Fsp3) is 0.417. The summed E-state index contributed by atoms with van der Waals surface area (Å²) in [5.74, 6) is -0.594. The molecule has 20 heavy (non-hydrogen) atoms. The smallest absolute Gasteiger partial charge is 0.408 e. The fourth-order valence-corrected chi connectivity index (χ4v) is 4.57. The quantitative estimate of drug-likeness (QED) is 0.859. The molecule has 2 aromatic rings. The molecule has 0 unspecified atom stereocenters. The number of hydrogen-bond donors (Lipinski definition) is 1. The topological polar surface area (TPSA) is 92.6 Å². The van der Waals surface area contributed by atoms with Gasteiger partial charge in [0.15, 0.2) is 5.58 Å². The SMILES string of the molecule is O=c1[nH]c2cc(S(=O)(=O)N3C[C@H]4C[C@H]3CO4)ccc2o1. The molecule has 106 valence electrons. The molecule has 2 bridgehead atoms. The first kappa shape index (κ1) is 12.1. The van der Waals surface area contributed by atoms with E-state index in [1.165, 1.54) is 22.5 Å². The molecule has 2 aliphatic heterocycles. The molecule has 2 atom stereocenters. The number of nitrogens with zero attached hydrogens (tertiary/aromatic N) is 1. The molecule has 2 saturated heterocycles. The second kappa shape index (κ2) is 3.94. The molecule has 1 N–H and O–H groups in total. The van der Waals surface area contributed by atoms with Crippen LogP contribution in [0.15, 0.2) is 32.3 Å². The normalized spacial score (nSPS) is 26.6. The Hall–Kier alpha value is -1.64. The summed E-state index contributed by atoms with van der Waals surface area (Å²) < 4.78 is 37.0. The standard InChI is InChI=1S/C12H12N2O5S/c15-12-13-10-4-9(1-2-11(10)19-12)20(16,17)14-5-8-3-7(14)6-18-8/h1-2,4,7-8H,3,5-6H2,(H,13,15)/t7-,8+/m0/s1. The number of aromatic amines is 1. The van der Waals surface area contributed by atoms with Crippen molar-refractivity contribution < 1.29 is 17.6 Å². The number of nitrogens with one attached hydrogen (secondary N) is 1. The third kappa shape index (κ3) is 1.65. The van der Waals surface area contributed by atoms with E-state index in [1.807, 2.05) is 0 Å². The Balaban J connectivity index is 1.79. The number of sulfonamides is 1. The van der Waals surface area contributed by atoms with Crippen LogP contribution in [-0.2, 0) is 14.8 Å². The molecule has 4 rings (SSSR count). The second-order valence-electron chi connectivity index (χ2n) is 5.09. The minimum absolute atomic E-state index is 0.00670. The molecule has 2 fully saturated rings. The number of aromatic nitrogens is 1. The predicted molar refractivity (Wildman–Crippen MR) is 68.9 cm³/mol. The number of morpholine rings is 1. The number of hydrogen-bond acceptors (Lipinski definition) is 5. The van der Waals surface area contributed by atoms with Gasteiger partial charge in [-0.15, -0.1) is 0 Å². The molecule has 0 amide bonds. The number of oxazole rings is 1. The van der Waals surface area contributed by atoms with Gasteiger partial charge in [-0.1, -0.05) is 0 Å². The van der Waals surface area contributed by atoms with E-state index in [-0.39, 0.29) is 17.0 Å². The zero-order valence-corrected chi connectivity index (χ0v) is 11.2. The number of ether oxygens (including phenoxy) is 1. The van der Waals surface area contributed by atoms with Gasteiger partial charge < -0.3 is 9.15 Å². The van der Waals surface area contributed by atoms with Gasteiger partial charge in [-0.25, -0.2) is 13.2 Å². The van der Waals surface area contributed by atoms with Gasteiger partial charge in [-0.05, 0) is 24.6 Å². The van der Waals surface area contributed by atoms with Crippen molar-refractivity contribution in [2.45, 2.75) is 23.5 Å².